The van der Waals surface area contributed by atoms with Crippen LogP contribution in [-0.4, -0.2) is 57.5 Å². The lowest BCUT2D eigenvalue weighted by molar-refractivity contribution is -0.137. The number of hydrogen-bond donors (Lipinski definition) is 1. The molecule has 1 amide bonds. The SMILES string of the molecule is Cc1cc(C)n(Cc2cccc(C(=O)N(CCC(=O)O)C[C@H]3CCCO3)c2)n1. The summed E-state index contributed by atoms with van der Waals surface area (Å²) < 4.78 is 7.55. The molecule has 1 aliphatic rings. The number of aryl methyl sites for hydroxylation is 2. The van der Waals surface area contributed by atoms with Crippen LogP contribution in [-0.2, 0) is 16.1 Å². The van der Waals surface area contributed by atoms with Crippen LogP contribution in [0.4, 0.5) is 0 Å². The normalized spacial score (nSPS) is 16.3. The van der Waals surface area contributed by atoms with Crippen LogP contribution < -0.4 is 0 Å². The fraction of sp³-hybridized carbons (Fsp3) is 0.476. The Labute approximate surface area is 164 Å². The number of carbonyl (C=O) groups is 2. The topological polar surface area (TPSA) is 84.7 Å². The Bertz CT molecular complexity index is 840. The van der Waals surface area contributed by atoms with Gasteiger partial charge in [-0.15, -0.1) is 0 Å². The van der Waals surface area contributed by atoms with Crippen molar-refractivity contribution >= 4 is 11.9 Å². The summed E-state index contributed by atoms with van der Waals surface area (Å²) in [5, 5.41) is 13.5. The molecule has 0 spiro atoms. The second-order valence-corrected chi connectivity index (χ2v) is 7.32. The number of amides is 1. The molecule has 150 valence electrons. The second kappa shape index (κ2) is 9.01. The van der Waals surface area contributed by atoms with Gasteiger partial charge in [0.15, 0.2) is 0 Å². The number of carboxylic acids is 1. The number of rotatable bonds is 8. The van der Waals surface area contributed by atoms with Crippen molar-refractivity contribution in [2.75, 3.05) is 19.7 Å². The summed E-state index contributed by atoms with van der Waals surface area (Å²) in [7, 11) is 0. The first kappa shape index (κ1) is 20.1. The van der Waals surface area contributed by atoms with Gasteiger partial charge in [-0.3, -0.25) is 14.3 Å². The zero-order chi connectivity index (χ0) is 20.1. The van der Waals surface area contributed by atoms with Crippen LogP contribution >= 0.6 is 0 Å². The molecule has 0 bridgehead atoms. The van der Waals surface area contributed by atoms with E-state index in [0.29, 0.717) is 25.3 Å². The molecule has 2 aromatic rings. The highest BCUT2D eigenvalue weighted by atomic mass is 16.5. The molecule has 7 nitrogen and oxygen atoms in total. The number of carbonyl (C=O) groups excluding carboxylic acids is 1. The van der Waals surface area contributed by atoms with Crippen molar-refractivity contribution in [1.29, 1.82) is 0 Å². The Morgan fingerprint density at radius 2 is 2.14 bits per heavy atom. The lowest BCUT2D eigenvalue weighted by atomic mass is 10.1. The summed E-state index contributed by atoms with van der Waals surface area (Å²) in [6.07, 6.45) is 1.78. The van der Waals surface area contributed by atoms with E-state index >= 15 is 0 Å². The van der Waals surface area contributed by atoms with E-state index in [1.165, 1.54) is 0 Å². The molecule has 1 aromatic carbocycles. The van der Waals surface area contributed by atoms with Crippen molar-refractivity contribution in [2.45, 2.75) is 45.8 Å². The molecule has 1 saturated heterocycles. The molecule has 1 N–H and O–H groups in total. The number of nitrogens with zero attached hydrogens (tertiary/aromatic N) is 3. The van der Waals surface area contributed by atoms with Gasteiger partial charge in [0.2, 0.25) is 0 Å². The lowest BCUT2D eigenvalue weighted by Crippen LogP contribution is -2.38. The average Bonchev–Trinajstić information content (AvgIpc) is 3.27. The van der Waals surface area contributed by atoms with Gasteiger partial charge in [-0.1, -0.05) is 12.1 Å². The van der Waals surface area contributed by atoms with Gasteiger partial charge in [0.1, 0.15) is 0 Å². The van der Waals surface area contributed by atoms with E-state index in [9.17, 15) is 9.59 Å². The average molecular weight is 385 g/mol. The molecule has 1 aromatic heterocycles. The van der Waals surface area contributed by atoms with E-state index < -0.39 is 5.97 Å². The molecule has 0 aliphatic carbocycles. The summed E-state index contributed by atoms with van der Waals surface area (Å²) in [5.41, 5.74) is 3.56. The van der Waals surface area contributed by atoms with Crippen LogP contribution in [0.1, 0.15) is 46.6 Å². The number of aromatic nitrogens is 2. The van der Waals surface area contributed by atoms with Crippen LogP contribution in [0.15, 0.2) is 30.3 Å². The van der Waals surface area contributed by atoms with Crippen molar-refractivity contribution in [2.24, 2.45) is 0 Å². The fourth-order valence-electron chi connectivity index (χ4n) is 3.53. The van der Waals surface area contributed by atoms with Gasteiger partial charge in [-0.2, -0.15) is 5.10 Å². The summed E-state index contributed by atoms with van der Waals surface area (Å²) in [6.45, 7) is 5.84. The summed E-state index contributed by atoms with van der Waals surface area (Å²) in [6, 6.07) is 9.48. The standard InChI is InChI=1S/C21H27N3O4/c1-15-11-16(2)24(22-15)13-17-5-3-6-18(12-17)21(27)23(9-8-20(25)26)14-19-7-4-10-28-19/h3,5-6,11-12,19H,4,7-10,13-14H2,1-2H3,(H,25,26)/t19-/m1/s1. The van der Waals surface area contributed by atoms with Gasteiger partial charge in [0.25, 0.3) is 5.91 Å². The smallest absolute Gasteiger partial charge is 0.305 e. The highest BCUT2D eigenvalue weighted by Gasteiger charge is 2.24. The highest BCUT2D eigenvalue weighted by Crippen LogP contribution is 2.17. The van der Waals surface area contributed by atoms with E-state index in [1.807, 2.05) is 42.8 Å². The van der Waals surface area contributed by atoms with E-state index in [1.54, 1.807) is 11.0 Å². The minimum Gasteiger partial charge on any atom is -0.481 e. The Kier molecular flexibility index (Phi) is 6.46. The maximum absolute atomic E-state index is 13.1. The Balaban J connectivity index is 1.75. The lowest BCUT2D eigenvalue weighted by Gasteiger charge is -2.25. The Morgan fingerprint density at radius 3 is 2.79 bits per heavy atom. The molecule has 28 heavy (non-hydrogen) atoms. The molecule has 7 heteroatoms. The zero-order valence-electron chi connectivity index (χ0n) is 16.4. The third-order valence-corrected chi connectivity index (χ3v) is 4.94. The minimum absolute atomic E-state index is 0.0179. The molecule has 3 rings (SSSR count). The molecule has 2 heterocycles. The summed E-state index contributed by atoms with van der Waals surface area (Å²) >= 11 is 0. The maximum atomic E-state index is 13.1. The third kappa shape index (κ3) is 5.19. The molecule has 0 radical (unpaired) electrons. The largest absolute Gasteiger partial charge is 0.481 e. The molecule has 1 fully saturated rings. The van der Waals surface area contributed by atoms with E-state index in [0.717, 1.165) is 29.8 Å². The van der Waals surface area contributed by atoms with Crippen LogP contribution in [0, 0.1) is 13.8 Å². The number of hydrogen-bond acceptors (Lipinski definition) is 4. The Hall–Kier alpha value is -2.67. The first-order valence-corrected chi connectivity index (χ1v) is 9.65. The molecular formula is C21H27N3O4. The number of benzene rings is 1. The van der Waals surface area contributed by atoms with Crippen molar-refractivity contribution in [3.63, 3.8) is 0 Å². The van der Waals surface area contributed by atoms with Crippen molar-refractivity contribution in [3.05, 3.63) is 52.8 Å². The Morgan fingerprint density at radius 1 is 1.32 bits per heavy atom. The molecule has 1 aliphatic heterocycles. The van der Waals surface area contributed by atoms with Gasteiger partial charge in [0.05, 0.1) is 24.8 Å². The molecule has 1 atom stereocenters. The highest BCUT2D eigenvalue weighted by molar-refractivity contribution is 5.94. The second-order valence-electron chi connectivity index (χ2n) is 7.32. The predicted molar refractivity (Wildman–Crippen MR) is 104 cm³/mol. The minimum atomic E-state index is -0.914. The van der Waals surface area contributed by atoms with Crippen LogP contribution in [0.5, 0.6) is 0 Å². The maximum Gasteiger partial charge on any atom is 0.305 e. The van der Waals surface area contributed by atoms with Crippen LogP contribution in [0.25, 0.3) is 0 Å². The number of aliphatic carboxylic acids is 1. The van der Waals surface area contributed by atoms with Crippen molar-refractivity contribution in [3.8, 4) is 0 Å². The first-order valence-electron chi connectivity index (χ1n) is 9.65. The predicted octanol–water partition coefficient (Wildman–Crippen LogP) is 2.64. The van der Waals surface area contributed by atoms with Gasteiger partial charge >= 0.3 is 5.97 Å². The van der Waals surface area contributed by atoms with Gasteiger partial charge in [0, 0.05) is 31.0 Å². The first-order chi connectivity index (χ1) is 13.4. The van der Waals surface area contributed by atoms with Gasteiger partial charge < -0.3 is 14.7 Å². The summed E-state index contributed by atoms with van der Waals surface area (Å²) in [5.74, 6) is -1.07. The van der Waals surface area contributed by atoms with Gasteiger partial charge in [-0.05, 0) is 50.5 Å². The number of carboxylic acid groups (broad SMARTS) is 1. The summed E-state index contributed by atoms with van der Waals surface area (Å²) in [4.78, 5) is 25.7. The monoisotopic (exact) mass is 385 g/mol. The zero-order valence-corrected chi connectivity index (χ0v) is 16.4. The molecular weight excluding hydrogens is 358 g/mol. The van der Waals surface area contributed by atoms with Crippen molar-refractivity contribution < 1.29 is 19.4 Å². The van der Waals surface area contributed by atoms with E-state index in [-0.39, 0.29) is 25.0 Å². The van der Waals surface area contributed by atoms with Crippen molar-refractivity contribution in [1.82, 2.24) is 14.7 Å². The van der Waals surface area contributed by atoms with Crippen LogP contribution in [0.3, 0.4) is 0 Å². The van der Waals surface area contributed by atoms with Crippen LogP contribution in [0.2, 0.25) is 0 Å². The number of ether oxygens (including phenoxy) is 1. The molecule has 0 saturated carbocycles. The van der Waals surface area contributed by atoms with Gasteiger partial charge in [-0.25, -0.2) is 0 Å². The molecule has 0 unspecified atom stereocenters. The van der Waals surface area contributed by atoms with E-state index in [4.69, 9.17) is 9.84 Å². The van der Waals surface area contributed by atoms with E-state index in [2.05, 4.69) is 5.10 Å². The quantitative estimate of drug-likeness (QED) is 0.755. The third-order valence-electron chi connectivity index (χ3n) is 4.94. The fourth-order valence-corrected chi connectivity index (χ4v) is 3.53.